The van der Waals surface area contributed by atoms with Crippen molar-refractivity contribution in [3.63, 3.8) is 0 Å². The molecule has 6 nitrogen and oxygen atoms in total. The SMILES string of the molecule is CCNC(=NCC1(O)CCSC1)NC1CCN(C(=O)C2CCCC2)C1.I. The molecule has 3 fully saturated rings. The monoisotopic (exact) mass is 496 g/mol. The molecule has 3 aliphatic rings. The third-order valence-corrected chi connectivity index (χ3v) is 6.74. The second-order valence-corrected chi connectivity index (χ2v) is 8.72. The Morgan fingerprint density at radius 1 is 1.35 bits per heavy atom. The van der Waals surface area contributed by atoms with Crippen LogP contribution in [0.15, 0.2) is 4.99 Å². The van der Waals surface area contributed by atoms with Gasteiger partial charge in [0.2, 0.25) is 5.91 Å². The highest BCUT2D eigenvalue weighted by Gasteiger charge is 2.33. The number of aliphatic imine (C=N–C) groups is 1. The maximum absolute atomic E-state index is 12.6. The summed E-state index contributed by atoms with van der Waals surface area (Å²) in [5.74, 6) is 3.14. The van der Waals surface area contributed by atoms with E-state index < -0.39 is 5.60 Å². The predicted molar refractivity (Wildman–Crippen MR) is 118 cm³/mol. The second kappa shape index (κ2) is 10.4. The molecule has 8 heteroatoms. The summed E-state index contributed by atoms with van der Waals surface area (Å²) in [7, 11) is 0. The van der Waals surface area contributed by atoms with Crippen LogP contribution in [0.1, 0.15) is 45.4 Å². The van der Waals surface area contributed by atoms with Crippen molar-refractivity contribution in [2.75, 3.05) is 37.7 Å². The van der Waals surface area contributed by atoms with Crippen LogP contribution in [0.3, 0.4) is 0 Å². The van der Waals surface area contributed by atoms with E-state index in [1.54, 1.807) is 11.8 Å². The highest BCUT2D eigenvalue weighted by Crippen LogP contribution is 2.28. The van der Waals surface area contributed by atoms with Gasteiger partial charge >= 0.3 is 0 Å². The van der Waals surface area contributed by atoms with Crippen molar-refractivity contribution in [3.05, 3.63) is 0 Å². The number of carbonyl (C=O) groups excluding carboxylic acids is 1. The summed E-state index contributed by atoms with van der Waals surface area (Å²) < 4.78 is 0. The number of carbonyl (C=O) groups is 1. The lowest BCUT2D eigenvalue weighted by Crippen LogP contribution is -2.46. The van der Waals surface area contributed by atoms with Gasteiger partial charge in [0.15, 0.2) is 5.96 Å². The van der Waals surface area contributed by atoms with E-state index in [0.717, 1.165) is 62.8 Å². The summed E-state index contributed by atoms with van der Waals surface area (Å²) in [6.07, 6.45) is 6.30. The third-order valence-electron chi connectivity index (χ3n) is 5.50. The predicted octanol–water partition coefficient (Wildman–Crippen LogP) is 1.82. The Labute approximate surface area is 178 Å². The van der Waals surface area contributed by atoms with Gasteiger partial charge in [0.05, 0.1) is 12.1 Å². The van der Waals surface area contributed by atoms with Crippen LogP contribution < -0.4 is 10.6 Å². The first-order valence-electron chi connectivity index (χ1n) is 9.73. The minimum Gasteiger partial charge on any atom is -0.387 e. The van der Waals surface area contributed by atoms with Crippen LogP contribution in [0.2, 0.25) is 0 Å². The van der Waals surface area contributed by atoms with E-state index in [4.69, 9.17) is 0 Å². The van der Waals surface area contributed by atoms with Gasteiger partial charge in [-0.05, 0) is 38.4 Å². The molecule has 1 amide bonds. The zero-order chi connectivity index (χ0) is 17.7. The first-order chi connectivity index (χ1) is 12.1. The highest BCUT2D eigenvalue weighted by molar-refractivity contribution is 14.0. The number of nitrogens with one attached hydrogen (secondary N) is 2. The topological polar surface area (TPSA) is 77.0 Å². The average Bonchev–Trinajstić information content (AvgIpc) is 3.34. The molecule has 2 atom stereocenters. The van der Waals surface area contributed by atoms with Gasteiger partial charge in [-0.25, -0.2) is 0 Å². The lowest BCUT2D eigenvalue weighted by atomic mass is 10.1. The van der Waals surface area contributed by atoms with Crippen molar-refractivity contribution in [3.8, 4) is 0 Å². The number of halogens is 1. The molecular weight excluding hydrogens is 463 g/mol. The zero-order valence-electron chi connectivity index (χ0n) is 15.7. The van der Waals surface area contributed by atoms with E-state index in [2.05, 4.69) is 15.6 Å². The smallest absolute Gasteiger partial charge is 0.225 e. The van der Waals surface area contributed by atoms with Crippen LogP contribution in [0.25, 0.3) is 0 Å². The van der Waals surface area contributed by atoms with Crippen molar-refractivity contribution >= 4 is 47.6 Å². The Kier molecular flexibility index (Phi) is 8.79. The molecule has 2 unspecified atom stereocenters. The molecule has 3 N–H and O–H groups in total. The molecule has 2 saturated heterocycles. The zero-order valence-corrected chi connectivity index (χ0v) is 18.9. The standard InChI is InChI=1S/C18H32N4O2S.HI/c1-2-19-17(20-12-18(24)8-10-25-13-18)21-15-7-9-22(11-15)16(23)14-5-3-4-6-14;/h14-15,24H,2-13H2,1H3,(H2,19,20,21);1H. The Hall–Kier alpha value is -0.220. The Morgan fingerprint density at radius 3 is 2.77 bits per heavy atom. The molecule has 26 heavy (non-hydrogen) atoms. The molecule has 1 aliphatic carbocycles. The number of aliphatic hydroxyl groups is 1. The van der Waals surface area contributed by atoms with E-state index >= 15 is 0 Å². The maximum atomic E-state index is 12.6. The van der Waals surface area contributed by atoms with E-state index in [-0.39, 0.29) is 35.9 Å². The number of likely N-dealkylation sites (tertiary alicyclic amines) is 1. The van der Waals surface area contributed by atoms with Crippen LogP contribution in [0.5, 0.6) is 0 Å². The summed E-state index contributed by atoms with van der Waals surface area (Å²) in [5.41, 5.74) is -0.660. The van der Waals surface area contributed by atoms with Crippen molar-refractivity contribution in [2.45, 2.75) is 57.1 Å². The molecule has 0 aromatic heterocycles. The van der Waals surface area contributed by atoms with E-state index in [0.29, 0.717) is 12.5 Å². The van der Waals surface area contributed by atoms with Crippen molar-refractivity contribution in [1.29, 1.82) is 0 Å². The van der Waals surface area contributed by atoms with Gasteiger partial charge in [-0.2, -0.15) is 11.8 Å². The molecule has 0 aromatic carbocycles. The van der Waals surface area contributed by atoms with Gasteiger partial charge in [0.1, 0.15) is 0 Å². The fourth-order valence-electron chi connectivity index (χ4n) is 3.97. The maximum Gasteiger partial charge on any atom is 0.225 e. The van der Waals surface area contributed by atoms with Crippen LogP contribution in [-0.2, 0) is 4.79 Å². The van der Waals surface area contributed by atoms with Gasteiger partial charge < -0.3 is 20.6 Å². The van der Waals surface area contributed by atoms with Gasteiger partial charge in [-0.15, -0.1) is 24.0 Å². The molecule has 3 rings (SSSR count). The second-order valence-electron chi connectivity index (χ2n) is 7.62. The normalized spacial score (nSPS) is 29.7. The van der Waals surface area contributed by atoms with Crippen molar-refractivity contribution in [1.82, 2.24) is 15.5 Å². The third kappa shape index (κ3) is 5.89. The van der Waals surface area contributed by atoms with Crippen LogP contribution in [-0.4, -0.2) is 71.2 Å². The Bertz CT molecular complexity index is 494. The average molecular weight is 496 g/mol. The van der Waals surface area contributed by atoms with Crippen LogP contribution in [0.4, 0.5) is 0 Å². The summed E-state index contributed by atoms with van der Waals surface area (Å²) in [6, 6.07) is 0.246. The first kappa shape index (κ1) is 22.1. The summed E-state index contributed by atoms with van der Waals surface area (Å²) in [5, 5.41) is 17.2. The number of thioether (sulfide) groups is 1. The first-order valence-corrected chi connectivity index (χ1v) is 10.9. The number of amides is 1. The summed E-state index contributed by atoms with van der Waals surface area (Å²) >= 11 is 1.79. The number of hydrogen-bond acceptors (Lipinski definition) is 4. The number of nitrogens with zero attached hydrogens (tertiary/aromatic N) is 2. The largest absolute Gasteiger partial charge is 0.387 e. The molecule has 150 valence electrons. The van der Waals surface area contributed by atoms with Crippen molar-refractivity contribution in [2.24, 2.45) is 10.9 Å². The lowest BCUT2D eigenvalue weighted by Gasteiger charge is -2.23. The summed E-state index contributed by atoms with van der Waals surface area (Å²) in [6.45, 7) is 4.87. The van der Waals surface area contributed by atoms with Gasteiger partial charge in [0, 0.05) is 37.3 Å². The number of guanidine groups is 1. The molecule has 0 bridgehead atoms. The van der Waals surface area contributed by atoms with Gasteiger partial charge in [-0.1, -0.05) is 12.8 Å². The fraction of sp³-hybridized carbons (Fsp3) is 0.889. The molecule has 1 saturated carbocycles. The minimum absolute atomic E-state index is 0. The fourth-order valence-corrected chi connectivity index (χ4v) is 5.25. The molecular formula is C18H33IN4O2S. The summed E-state index contributed by atoms with van der Waals surface area (Å²) in [4.78, 5) is 19.2. The molecule has 2 aliphatic heterocycles. The lowest BCUT2D eigenvalue weighted by molar-refractivity contribution is -0.134. The molecule has 0 radical (unpaired) electrons. The quantitative estimate of drug-likeness (QED) is 0.308. The van der Waals surface area contributed by atoms with Crippen LogP contribution in [0, 0.1) is 5.92 Å². The highest BCUT2D eigenvalue weighted by atomic mass is 127. The van der Waals surface area contributed by atoms with E-state index in [1.807, 2.05) is 11.8 Å². The number of hydrogen-bond donors (Lipinski definition) is 3. The van der Waals surface area contributed by atoms with Gasteiger partial charge in [-0.3, -0.25) is 9.79 Å². The van der Waals surface area contributed by atoms with Crippen LogP contribution >= 0.6 is 35.7 Å². The molecule has 0 aromatic rings. The Morgan fingerprint density at radius 2 is 2.12 bits per heavy atom. The van der Waals surface area contributed by atoms with Crippen molar-refractivity contribution < 1.29 is 9.90 Å². The molecule has 0 spiro atoms. The Balaban J connectivity index is 0.00000243. The van der Waals surface area contributed by atoms with E-state index in [1.165, 1.54) is 12.8 Å². The minimum atomic E-state index is -0.660. The molecule has 2 heterocycles. The van der Waals surface area contributed by atoms with Gasteiger partial charge in [0.25, 0.3) is 0 Å². The van der Waals surface area contributed by atoms with E-state index in [9.17, 15) is 9.90 Å². The number of rotatable bonds is 5.